The number of thiophene rings is 1. The van der Waals surface area contributed by atoms with Gasteiger partial charge < -0.3 is 13.3 Å². The van der Waals surface area contributed by atoms with Gasteiger partial charge in [-0.1, -0.05) is 91.0 Å². The van der Waals surface area contributed by atoms with Crippen LogP contribution in [0.25, 0.3) is 86.0 Å². The van der Waals surface area contributed by atoms with Crippen LogP contribution in [0.2, 0.25) is 0 Å². The summed E-state index contributed by atoms with van der Waals surface area (Å²) in [5.41, 5.74) is 7.76. The van der Waals surface area contributed by atoms with Crippen LogP contribution in [0, 0.1) is 0 Å². The molecule has 0 amide bonds. The molecule has 4 aromatic heterocycles. The first-order valence-electron chi connectivity index (χ1n) is 15.7. The number of benzene rings is 7. The van der Waals surface area contributed by atoms with Gasteiger partial charge in [-0.3, -0.25) is 4.90 Å². The van der Waals surface area contributed by atoms with Gasteiger partial charge in [0.1, 0.15) is 16.7 Å². The number of anilines is 3. The van der Waals surface area contributed by atoms with E-state index in [1.54, 1.807) is 11.3 Å². The minimum absolute atomic E-state index is 0.807. The summed E-state index contributed by atoms with van der Waals surface area (Å²) in [6.45, 7) is 0. The molecule has 0 bridgehead atoms. The summed E-state index contributed by atoms with van der Waals surface area (Å²) in [5, 5.41) is 8.83. The monoisotopic (exact) mass is 621 g/mol. The molecule has 4 heterocycles. The van der Waals surface area contributed by atoms with Gasteiger partial charge in [-0.2, -0.15) is 0 Å². The van der Waals surface area contributed by atoms with E-state index in [-0.39, 0.29) is 0 Å². The fraction of sp³-hybridized carbons (Fsp3) is 0. The molecule has 0 fully saturated rings. The van der Waals surface area contributed by atoms with Gasteiger partial charge in [0.25, 0.3) is 0 Å². The Labute approximate surface area is 271 Å². The molecule has 5 heteroatoms. The average Bonchev–Trinajstić information content (AvgIpc) is 3.88. The predicted octanol–water partition coefficient (Wildman–Crippen LogP) is 13.2. The van der Waals surface area contributed by atoms with Crippen LogP contribution < -0.4 is 4.90 Å². The van der Waals surface area contributed by atoms with E-state index in [0.717, 1.165) is 88.3 Å². The Bertz CT molecular complexity index is 2930. The lowest BCUT2D eigenvalue weighted by atomic mass is 10.1. The fourth-order valence-electron chi connectivity index (χ4n) is 7.43. The van der Waals surface area contributed by atoms with Gasteiger partial charge in [-0.05, 0) is 48.5 Å². The van der Waals surface area contributed by atoms with Crippen LogP contribution in [0.1, 0.15) is 0 Å². The van der Waals surface area contributed by atoms with Crippen LogP contribution >= 0.6 is 11.3 Å². The van der Waals surface area contributed by atoms with E-state index in [1.165, 1.54) is 14.8 Å². The zero-order valence-corrected chi connectivity index (χ0v) is 25.7. The Hall–Kier alpha value is -6.04. The molecule has 0 aliphatic heterocycles. The van der Waals surface area contributed by atoms with Crippen molar-refractivity contribution >= 4 is 114 Å². The number of fused-ring (bicyclic) bond motifs is 13. The number of rotatable bonds is 3. The molecule has 0 saturated heterocycles. The van der Waals surface area contributed by atoms with Gasteiger partial charge in [0.15, 0.2) is 16.7 Å². The maximum atomic E-state index is 7.03. The molecule has 0 saturated carbocycles. The summed E-state index contributed by atoms with van der Waals surface area (Å²) in [5.74, 6) is 0. The molecule has 0 N–H and O–H groups in total. The Morgan fingerprint density at radius 2 is 0.809 bits per heavy atom. The van der Waals surface area contributed by atoms with Gasteiger partial charge in [0.2, 0.25) is 0 Å². The van der Waals surface area contributed by atoms with E-state index in [0.29, 0.717) is 0 Å². The van der Waals surface area contributed by atoms with Crippen LogP contribution in [0.4, 0.5) is 17.1 Å². The maximum absolute atomic E-state index is 7.03. The van der Waals surface area contributed by atoms with Crippen LogP contribution in [-0.4, -0.2) is 0 Å². The lowest BCUT2D eigenvalue weighted by Crippen LogP contribution is -2.10. The normalized spacial score (nSPS) is 12.3. The van der Waals surface area contributed by atoms with Crippen LogP contribution in [0.5, 0.6) is 0 Å². The van der Waals surface area contributed by atoms with E-state index in [9.17, 15) is 0 Å². The quantitative estimate of drug-likeness (QED) is 0.197. The zero-order chi connectivity index (χ0) is 30.6. The van der Waals surface area contributed by atoms with E-state index >= 15 is 0 Å². The Kier molecular flexibility index (Phi) is 4.96. The van der Waals surface area contributed by atoms with Crippen molar-refractivity contribution in [2.24, 2.45) is 0 Å². The molecule has 47 heavy (non-hydrogen) atoms. The second-order valence-corrected chi connectivity index (χ2v) is 13.1. The van der Waals surface area contributed by atoms with Crippen molar-refractivity contribution in [3.63, 3.8) is 0 Å². The topological polar surface area (TPSA) is 42.7 Å². The largest absolute Gasteiger partial charge is 0.454 e. The first-order chi connectivity index (χ1) is 23.3. The van der Waals surface area contributed by atoms with Crippen LogP contribution in [0.3, 0.4) is 0 Å². The molecular weight excluding hydrogens is 599 g/mol. The summed E-state index contributed by atoms with van der Waals surface area (Å²) in [7, 11) is 0. The minimum atomic E-state index is 0.807. The van der Waals surface area contributed by atoms with Crippen molar-refractivity contribution in [1.82, 2.24) is 0 Å². The molecule has 7 aromatic carbocycles. The molecule has 11 aromatic rings. The lowest BCUT2D eigenvalue weighted by Gasteiger charge is -2.25. The van der Waals surface area contributed by atoms with Crippen molar-refractivity contribution in [3.8, 4) is 0 Å². The highest BCUT2D eigenvalue weighted by Crippen LogP contribution is 2.50. The van der Waals surface area contributed by atoms with E-state index < -0.39 is 0 Å². The van der Waals surface area contributed by atoms with Crippen LogP contribution in [0.15, 0.2) is 153 Å². The van der Waals surface area contributed by atoms with Crippen LogP contribution in [-0.2, 0) is 0 Å². The summed E-state index contributed by atoms with van der Waals surface area (Å²) in [4.78, 5) is 2.25. The number of nitrogens with zero attached hydrogens (tertiary/aromatic N) is 1. The molecule has 0 spiro atoms. The molecule has 0 aliphatic carbocycles. The third-order valence-electron chi connectivity index (χ3n) is 9.47. The van der Waals surface area contributed by atoms with E-state index in [2.05, 4.69) is 120 Å². The van der Waals surface area contributed by atoms with Gasteiger partial charge in [-0.25, -0.2) is 0 Å². The highest BCUT2D eigenvalue weighted by Gasteiger charge is 2.26. The highest BCUT2D eigenvalue weighted by molar-refractivity contribution is 7.26. The molecule has 0 radical (unpaired) electrons. The van der Waals surface area contributed by atoms with E-state index in [1.807, 2.05) is 24.3 Å². The molecule has 11 rings (SSSR count). The maximum Gasteiger partial charge on any atom is 0.159 e. The fourth-order valence-corrected chi connectivity index (χ4v) is 8.54. The van der Waals surface area contributed by atoms with E-state index in [4.69, 9.17) is 13.3 Å². The number of hydrogen-bond acceptors (Lipinski definition) is 5. The third kappa shape index (κ3) is 3.41. The first-order valence-corrected chi connectivity index (χ1v) is 16.5. The standard InChI is InChI=1S/C42H23NO3S/c1-4-19-34-24(10-1)26-13-7-16-31(39(26)44-34)43(32-17-8-14-27-25-11-2-5-20-35(25)45-40(27)32)33-18-9-15-28-29-22-23-37-38(42(29)46-41(28)33)30-12-3-6-21-36(30)47-37/h1-23H. The van der Waals surface area contributed by atoms with Crippen molar-refractivity contribution in [2.45, 2.75) is 0 Å². The molecule has 220 valence electrons. The Morgan fingerprint density at radius 1 is 0.340 bits per heavy atom. The highest BCUT2D eigenvalue weighted by atomic mass is 32.1. The minimum Gasteiger partial charge on any atom is -0.454 e. The first kappa shape index (κ1) is 25.2. The lowest BCUT2D eigenvalue weighted by molar-refractivity contribution is 0.664. The Morgan fingerprint density at radius 3 is 1.43 bits per heavy atom. The summed E-state index contributed by atoms with van der Waals surface area (Å²) in [6, 6.07) is 48.6. The molecule has 0 atom stereocenters. The number of furan rings is 3. The van der Waals surface area contributed by atoms with Gasteiger partial charge >= 0.3 is 0 Å². The number of para-hydroxylation sites is 5. The van der Waals surface area contributed by atoms with Gasteiger partial charge in [0.05, 0.1) is 17.1 Å². The molecule has 4 nitrogen and oxygen atoms in total. The second kappa shape index (κ2) is 9.25. The third-order valence-corrected chi connectivity index (χ3v) is 10.6. The molecule has 0 unspecified atom stereocenters. The molecular formula is C42H23NO3S. The summed E-state index contributed by atoms with van der Waals surface area (Å²) >= 11 is 1.80. The SMILES string of the molecule is c1ccc2c(c1)oc1c(N(c3cccc4c3oc3ccccc34)c3cccc4c3oc3c4ccc4sc5ccccc5c43)cccc12. The zero-order valence-electron chi connectivity index (χ0n) is 24.9. The molecule has 0 aliphatic rings. The average molecular weight is 622 g/mol. The van der Waals surface area contributed by atoms with Crippen molar-refractivity contribution in [3.05, 3.63) is 140 Å². The van der Waals surface area contributed by atoms with Crippen molar-refractivity contribution in [2.75, 3.05) is 4.90 Å². The van der Waals surface area contributed by atoms with Gasteiger partial charge in [0, 0.05) is 52.5 Å². The van der Waals surface area contributed by atoms with Gasteiger partial charge in [-0.15, -0.1) is 11.3 Å². The smallest absolute Gasteiger partial charge is 0.159 e. The second-order valence-electron chi connectivity index (χ2n) is 12.0. The van der Waals surface area contributed by atoms with Crippen molar-refractivity contribution in [1.29, 1.82) is 0 Å². The predicted molar refractivity (Wildman–Crippen MR) is 196 cm³/mol. The number of hydrogen-bond donors (Lipinski definition) is 0. The van der Waals surface area contributed by atoms with Crippen molar-refractivity contribution < 1.29 is 13.3 Å². The Balaban J connectivity index is 1.28. The summed E-state index contributed by atoms with van der Waals surface area (Å²) in [6.07, 6.45) is 0. The summed E-state index contributed by atoms with van der Waals surface area (Å²) < 4.78 is 22.8.